The highest BCUT2D eigenvalue weighted by atomic mass is 16.5. The van der Waals surface area contributed by atoms with Crippen LogP contribution in [0.25, 0.3) is 0 Å². The van der Waals surface area contributed by atoms with E-state index in [-0.39, 0.29) is 11.9 Å². The fourth-order valence-corrected chi connectivity index (χ4v) is 3.59. The van der Waals surface area contributed by atoms with Crippen molar-refractivity contribution in [2.45, 2.75) is 24.5 Å². The third-order valence-electron chi connectivity index (χ3n) is 4.68. The minimum atomic E-state index is -0.719. The van der Waals surface area contributed by atoms with Gasteiger partial charge in [-0.3, -0.25) is 14.7 Å². The average molecular weight is 310 g/mol. The molecule has 0 aliphatic carbocycles. The smallest absolute Gasteiger partial charge is 0.262 e. The first-order valence-electron chi connectivity index (χ1n) is 7.78. The van der Waals surface area contributed by atoms with Gasteiger partial charge in [-0.1, -0.05) is 6.07 Å². The Bertz CT molecular complexity index is 709. The Hall–Kier alpha value is -2.40. The standard InChI is InChI=1S/C18H18N2O3/c1-22-15-7-5-14(6-8-15)20-16(13-4-2-10-19-12-13)18(17(20)21)9-3-11-23-18/h2,4-8,10,12,16H,3,9,11H2,1H3/t16-,18-/m1/s1. The molecular weight excluding hydrogens is 292 g/mol. The number of hydrogen-bond acceptors (Lipinski definition) is 4. The van der Waals surface area contributed by atoms with Crippen molar-refractivity contribution in [3.8, 4) is 5.75 Å². The zero-order valence-electron chi connectivity index (χ0n) is 12.9. The molecule has 2 aliphatic rings. The Morgan fingerprint density at radius 3 is 2.74 bits per heavy atom. The number of carbonyl (C=O) groups excluding carboxylic acids is 1. The van der Waals surface area contributed by atoms with Gasteiger partial charge in [0.25, 0.3) is 5.91 Å². The molecular formula is C18H18N2O3. The second-order valence-corrected chi connectivity index (χ2v) is 5.90. The van der Waals surface area contributed by atoms with Crippen molar-refractivity contribution in [2.75, 3.05) is 18.6 Å². The van der Waals surface area contributed by atoms with Gasteiger partial charge in [0.1, 0.15) is 11.8 Å². The van der Waals surface area contributed by atoms with Crippen LogP contribution in [0, 0.1) is 0 Å². The first kappa shape index (κ1) is 14.2. The molecule has 118 valence electrons. The Morgan fingerprint density at radius 1 is 1.30 bits per heavy atom. The summed E-state index contributed by atoms with van der Waals surface area (Å²) < 4.78 is 11.1. The van der Waals surface area contributed by atoms with Gasteiger partial charge in [-0.2, -0.15) is 0 Å². The number of ether oxygens (including phenoxy) is 2. The van der Waals surface area contributed by atoms with Gasteiger partial charge in [0, 0.05) is 24.7 Å². The highest BCUT2D eigenvalue weighted by Gasteiger charge is 2.64. The molecule has 0 bridgehead atoms. The number of anilines is 1. The van der Waals surface area contributed by atoms with Crippen molar-refractivity contribution >= 4 is 11.6 Å². The summed E-state index contributed by atoms with van der Waals surface area (Å²) >= 11 is 0. The summed E-state index contributed by atoms with van der Waals surface area (Å²) in [5.74, 6) is 0.806. The van der Waals surface area contributed by atoms with Crippen LogP contribution in [0.4, 0.5) is 5.69 Å². The summed E-state index contributed by atoms with van der Waals surface area (Å²) in [6, 6.07) is 11.3. The predicted molar refractivity (Wildman–Crippen MR) is 85.4 cm³/mol. The van der Waals surface area contributed by atoms with E-state index in [1.165, 1.54) is 0 Å². The maximum absolute atomic E-state index is 12.9. The number of aromatic nitrogens is 1. The number of amides is 1. The van der Waals surface area contributed by atoms with Gasteiger partial charge in [-0.15, -0.1) is 0 Å². The van der Waals surface area contributed by atoms with Gasteiger partial charge in [0.05, 0.1) is 7.11 Å². The maximum atomic E-state index is 12.9. The van der Waals surface area contributed by atoms with E-state index in [1.54, 1.807) is 13.3 Å². The van der Waals surface area contributed by atoms with E-state index in [1.807, 2.05) is 47.5 Å². The van der Waals surface area contributed by atoms with Crippen LogP contribution >= 0.6 is 0 Å². The average Bonchev–Trinajstić information content (AvgIpc) is 3.12. The minimum absolute atomic E-state index is 0.0361. The van der Waals surface area contributed by atoms with E-state index in [0.29, 0.717) is 6.61 Å². The van der Waals surface area contributed by atoms with Crippen molar-refractivity contribution in [3.63, 3.8) is 0 Å². The number of carbonyl (C=O) groups is 1. The Labute approximate surface area is 134 Å². The SMILES string of the molecule is COc1ccc(N2C(=O)[C@@]3(CCCO3)[C@H]2c2cccnc2)cc1. The van der Waals surface area contributed by atoms with Gasteiger partial charge in [-0.05, 0) is 48.7 Å². The fourth-order valence-electron chi connectivity index (χ4n) is 3.59. The van der Waals surface area contributed by atoms with Gasteiger partial charge in [0.2, 0.25) is 0 Å². The van der Waals surface area contributed by atoms with E-state index in [2.05, 4.69) is 4.98 Å². The second-order valence-electron chi connectivity index (χ2n) is 5.90. The first-order chi connectivity index (χ1) is 11.3. The van der Waals surface area contributed by atoms with Crippen LogP contribution in [0.5, 0.6) is 5.75 Å². The molecule has 2 atom stereocenters. The number of benzene rings is 1. The summed E-state index contributed by atoms with van der Waals surface area (Å²) in [5, 5.41) is 0. The van der Waals surface area contributed by atoms with Crippen LogP contribution in [0.3, 0.4) is 0 Å². The molecule has 2 aromatic rings. The molecule has 0 unspecified atom stereocenters. The molecule has 1 spiro atoms. The number of pyridine rings is 1. The van der Waals surface area contributed by atoms with Crippen molar-refractivity contribution in [1.29, 1.82) is 0 Å². The molecule has 1 amide bonds. The number of methoxy groups -OCH3 is 1. The van der Waals surface area contributed by atoms with Crippen LogP contribution < -0.4 is 9.64 Å². The van der Waals surface area contributed by atoms with E-state index >= 15 is 0 Å². The number of hydrogen-bond donors (Lipinski definition) is 0. The monoisotopic (exact) mass is 310 g/mol. The Balaban J connectivity index is 1.74. The van der Waals surface area contributed by atoms with E-state index in [0.717, 1.165) is 29.8 Å². The van der Waals surface area contributed by atoms with Crippen LogP contribution in [0.1, 0.15) is 24.4 Å². The third-order valence-corrected chi connectivity index (χ3v) is 4.68. The Kier molecular flexibility index (Phi) is 3.31. The maximum Gasteiger partial charge on any atom is 0.262 e. The molecule has 3 heterocycles. The summed E-state index contributed by atoms with van der Waals surface area (Å²) in [4.78, 5) is 18.9. The van der Waals surface area contributed by atoms with Crippen LogP contribution in [-0.2, 0) is 9.53 Å². The zero-order chi connectivity index (χ0) is 15.9. The summed E-state index contributed by atoms with van der Waals surface area (Å²) in [7, 11) is 1.63. The lowest BCUT2D eigenvalue weighted by Gasteiger charge is -2.53. The number of rotatable bonds is 3. The van der Waals surface area contributed by atoms with E-state index < -0.39 is 5.60 Å². The van der Waals surface area contributed by atoms with Crippen LogP contribution in [-0.4, -0.2) is 30.2 Å². The molecule has 5 heteroatoms. The number of nitrogens with zero attached hydrogens (tertiary/aromatic N) is 2. The summed E-state index contributed by atoms with van der Waals surface area (Å²) in [5.41, 5.74) is 1.14. The quantitative estimate of drug-likeness (QED) is 0.818. The van der Waals surface area contributed by atoms with Crippen molar-refractivity contribution in [3.05, 3.63) is 54.4 Å². The molecule has 1 aromatic carbocycles. The highest BCUT2D eigenvalue weighted by Crippen LogP contribution is 2.52. The van der Waals surface area contributed by atoms with E-state index in [9.17, 15) is 4.79 Å². The Morgan fingerprint density at radius 2 is 2.13 bits per heavy atom. The molecule has 0 N–H and O–H groups in total. The molecule has 2 aliphatic heterocycles. The van der Waals surface area contributed by atoms with Gasteiger partial charge >= 0.3 is 0 Å². The first-order valence-corrected chi connectivity index (χ1v) is 7.78. The minimum Gasteiger partial charge on any atom is -0.497 e. The van der Waals surface area contributed by atoms with Crippen molar-refractivity contribution < 1.29 is 14.3 Å². The second kappa shape index (κ2) is 5.35. The van der Waals surface area contributed by atoms with Gasteiger partial charge < -0.3 is 9.47 Å². The largest absolute Gasteiger partial charge is 0.497 e. The molecule has 23 heavy (non-hydrogen) atoms. The normalized spacial score (nSPS) is 26.4. The lowest BCUT2D eigenvalue weighted by atomic mass is 9.76. The molecule has 5 nitrogen and oxygen atoms in total. The summed E-state index contributed by atoms with van der Waals surface area (Å²) in [6.45, 7) is 0.638. The van der Waals surface area contributed by atoms with E-state index in [4.69, 9.17) is 9.47 Å². The topological polar surface area (TPSA) is 51.7 Å². The fraction of sp³-hybridized carbons (Fsp3) is 0.333. The molecule has 2 fully saturated rings. The predicted octanol–water partition coefficient (Wildman–Crippen LogP) is 2.73. The summed E-state index contributed by atoms with van der Waals surface area (Å²) in [6.07, 6.45) is 5.23. The highest BCUT2D eigenvalue weighted by molar-refractivity contribution is 6.08. The number of β-lactam (4-membered cyclic amide) rings is 1. The van der Waals surface area contributed by atoms with Crippen molar-refractivity contribution in [2.24, 2.45) is 0 Å². The molecule has 1 aromatic heterocycles. The lowest BCUT2D eigenvalue weighted by Crippen LogP contribution is -2.68. The molecule has 0 saturated carbocycles. The van der Waals surface area contributed by atoms with Crippen LogP contribution in [0.15, 0.2) is 48.8 Å². The lowest BCUT2D eigenvalue weighted by molar-refractivity contribution is -0.156. The zero-order valence-corrected chi connectivity index (χ0v) is 12.9. The van der Waals surface area contributed by atoms with Crippen molar-refractivity contribution in [1.82, 2.24) is 4.98 Å². The van der Waals surface area contributed by atoms with Gasteiger partial charge in [-0.25, -0.2) is 0 Å². The van der Waals surface area contributed by atoms with Crippen LogP contribution in [0.2, 0.25) is 0 Å². The molecule has 2 saturated heterocycles. The molecule has 4 rings (SSSR count). The van der Waals surface area contributed by atoms with Gasteiger partial charge in [0.15, 0.2) is 5.60 Å². The third kappa shape index (κ3) is 2.04. The molecule has 0 radical (unpaired) electrons.